The van der Waals surface area contributed by atoms with Gasteiger partial charge in [0.05, 0.1) is 0 Å². The molecule has 2 saturated carbocycles. The van der Waals surface area contributed by atoms with Crippen molar-refractivity contribution in [3.8, 4) is 11.1 Å². The third kappa shape index (κ3) is 9.34. The van der Waals surface area contributed by atoms with Crippen LogP contribution in [0.15, 0.2) is 42.5 Å². The van der Waals surface area contributed by atoms with Gasteiger partial charge in [-0.25, -0.2) is 4.79 Å². The lowest BCUT2D eigenvalue weighted by Gasteiger charge is -2.36. The summed E-state index contributed by atoms with van der Waals surface area (Å²) in [6, 6.07) is 14.0. The molecule has 0 saturated heterocycles. The highest BCUT2D eigenvalue weighted by Gasteiger charge is 2.27. The van der Waals surface area contributed by atoms with Crippen molar-refractivity contribution in [3.05, 3.63) is 59.2 Å². The van der Waals surface area contributed by atoms with Crippen LogP contribution in [0.1, 0.15) is 105 Å². The van der Waals surface area contributed by atoms with Crippen LogP contribution >= 0.6 is 11.8 Å². The van der Waals surface area contributed by atoms with E-state index in [2.05, 4.69) is 48.5 Å². The Kier molecular flexibility index (Phi) is 12.8. The SMILES string of the molecule is CSCC[C@@H](NC(=O)c1ccc(CN(C)C(CC2CCCCC2)CC2CCCCC2)cc1-c1ccccc1C)C(=O)O. The Morgan fingerprint density at radius 1 is 0.929 bits per heavy atom. The summed E-state index contributed by atoms with van der Waals surface area (Å²) in [7, 11) is 2.30. The summed E-state index contributed by atoms with van der Waals surface area (Å²) in [6.07, 6.45) is 18.8. The molecule has 0 aliphatic heterocycles. The van der Waals surface area contributed by atoms with E-state index in [0.717, 1.165) is 35.1 Å². The smallest absolute Gasteiger partial charge is 0.326 e. The van der Waals surface area contributed by atoms with Crippen LogP contribution in [-0.2, 0) is 11.3 Å². The summed E-state index contributed by atoms with van der Waals surface area (Å²) in [5.74, 6) is 1.05. The van der Waals surface area contributed by atoms with E-state index in [1.165, 1.54) is 82.6 Å². The molecule has 2 aliphatic rings. The van der Waals surface area contributed by atoms with Crippen molar-refractivity contribution >= 4 is 23.6 Å². The van der Waals surface area contributed by atoms with Crippen LogP contribution < -0.4 is 5.32 Å². The molecule has 0 spiro atoms. The van der Waals surface area contributed by atoms with Crippen molar-refractivity contribution in [3.63, 3.8) is 0 Å². The Hall–Kier alpha value is -2.31. The van der Waals surface area contributed by atoms with Gasteiger partial charge in [0, 0.05) is 18.2 Å². The topological polar surface area (TPSA) is 69.6 Å². The van der Waals surface area contributed by atoms with Crippen LogP contribution in [0.3, 0.4) is 0 Å². The van der Waals surface area contributed by atoms with E-state index < -0.39 is 12.0 Å². The van der Waals surface area contributed by atoms with Gasteiger partial charge in [-0.15, -0.1) is 0 Å². The molecule has 0 bridgehead atoms. The van der Waals surface area contributed by atoms with Crippen LogP contribution in [0, 0.1) is 18.8 Å². The lowest BCUT2D eigenvalue weighted by Crippen LogP contribution is -2.41. The Bertz CT molecular complexity index is 1140. The van der Waals surface area contributed by atoms with E-state index in [0.29, 0.717) is 23.8 Å². The van der Waals surface area contributed by atoms with Gasteiger partial charge in [-0.05, 0) is 91.5 Å². The number of nitrogens with zero attached hydrogens (tertiary/aromatic N) is 1. The molecule has 0 aromatic heterocycles. The second-order valence-corrected chi connectivity index (χ2v) is 13.9. The van der Waals surface area contributed by atoms with Crippen molar-refractivity contribution in [2.24, 2.45) is 11.8 Å². The molecule has 4 rings (SSSR count). The van der Waals surface area contributed by atoms with Crippen LogP contribution in [-0.4, -0.2) is 53.0 Å². The molecular formula is C36H52N2O3S. The lowest BCUT2D eigenvalue weighted by atomic mass is 9.79. The van der Waals surface area contributed by atoms with Crippen molar-refractivity contribution in [1.82, 2.24) is 10.2 Å². The van der Waals surface area contributed by atoms with Gasteiger partial charge >= 0.3 is 5.97 Å². The zero-order chi connectivity index (χ0) is 29.9. The highest BCUT2D eigenvalue weighted by atomic mass is 32.2. The van der Waals surface area contributed by atoms with Gasteiger partial charge < -0.3 is 10.4 Å². The second-order valence-electron chi connectivity index (χ2n) is 12.9. The maximum absolute atomic E-state index is 13.5. The molecule has 1 atom stereocenters. The lowest BCUT2D eigenvalue weighted by molar-refractivity contribution is -0.139. The van der Waals surface area contributed by atoms with E-state index in [1.807, 2.05) is 24.5 Å². The Labute approximate surface area is 258 Å². The monoisotopic (exact) mass is 592 g/mol. The van der Waals surface area contributed by atoms with E-state index in [1.54, 1.807) is 11.8 Å². The predicted molar refractivity (Wildman–Crippen MR) is 176 cm³/mol. The maximum Gasteiger partial charge on any atom is 0.326 e. The molecule has 2 aliphatic carbocycles. The zero-order valence-corrected chi connectivity index (χ0v) is 26.9. The summed E-state index contributed by atoms with van der Waals surface area (Å²) in [6.45, 7) is 2.91. The number of aryl methyl sites for hydroxylation is 1. The van der Waals surface area contributed by atoms with Crippen LogP contribution in [0.25, 0.3) is 11.1 Å². The molecule has 6 heteroatoms. The number of hydrogen-bond donors (Lipinski definition) is 2. The number of benzene rings is 2. The predicted octanol–water partition coefficient (Wildman–Crippen LogP) is 8.34. The minimum atomic E-state index is -0.991. The molecule has 0 heterocycles. The fraction of sp³-hybridized carbons (Fsp3) is 0.611. The van der Waals surface area contributed by atoms with Gasteiger partial charge in [0.2, 0.25) is 0 Å². The average Bonchev–Trinajstić information content (AvgIpc) is 3.00. The number of carbonyl (C=O) groups is 2. The van der Waals surface area contributed by atoms with E-state index in [9.17, 15) is 14.7 Å². The van der Waals surface area contributed by atoms with Crippen LogP contribution in [0.4, 0.5) is 0 Å². The highest BCUT2D eigenvalue weighted by Crippen LogP contribution is 2.35. The third-order valence-electron chi connectivity index (χ3n) is 9.69. The van der Waals surface area contributed by atoms with E-state index >= 15 is 0 Å². The number of carboxylic acid groups (broad SMARTS) is 1. The first kappa shape index (κ1) is 32.6. The summed E-state index contributed by atoms with van der Waals surface area (Å²) >= 11 is 1.58. The van der Waals surface area contributed by atoms with Gasteiger partial charge in [-0.1, -0.05) is 94.5 Å². The number of hydrogen-bond acceptors (Lipinski definition) is 4. The van der Waals surface area contributed by atoms with Crippen LogP contribution in [0.5, 0.6) is 0 Å². The molecule has 2 N–H and O–H groups in total. The van der Waals surface area contributed by atoms with Crippen molar-refractivity contribution in [2.75, 3.05) is 19.1 Å². The standard InChI is InChI=1S/C36H52N2O3S/c1-26-12-10-11-17-31(26)33-24-29(18-19-32(33)35(39)37-34(36(40)41)20-21-42-3)25-38(2)30(22-27-13-6-4-7-14-27)23-28-15-8-5-9-16-28/h10-12,17-19,24,27-28,30,34H,4-9,13-16,20-23,25H2,1-3H3,(H,37,39)(H,40,41)/t34-/m1/s1. The quantitative estimate of drug-likeness (QED) is 0.231. The van der Waals surface area contributed by atoms with Crippen molar-refractivity contribution in [1.29, 1.82) is 0 Å². The van der Waals surface area contributed by atoms with Crippen molar-refractivity contribution < 1.29 is 14.7 Å². The molecule has 0 radical (unpaired) electrons. The summed E-state index contributed by atoms with van der Waals surface area (Å²) < 4.78 is 0. The summed E-state index contributed by atoms with van der Waals surface area (Å²) in [5.41, 5.74) is 4.72. The summed E-state index contributed by atoms with van der Waals surface area (Å²) in [4.78, 5) is 28.0. The van der Waals surface area contributed by atoms with E-state index in [4.69, 9.17) is 0 Å². The molecule has 2 aromatic carbocycles. The largest absolute Gasteiger partial charge is 0.480 e. The first-order valence-corrected chi connectivity index (χ1v) is 17.7. The number of amides is 1. The fourth-order valence-electron chi connectivity index (χ4n) is 7.20. The van der Waals surface area contributed by atoms with E-state index in [-0.39, 0.29) is 5.91 Å². The average molecular weight is 593 g/mol. The molecule has 2 fully saturated rings. The fourth-order valence-corrected chi connectivity index (χ4v) is 7.67. The first-order valence-electron chi connectivity index (χ1n) is 16.3. The number of rotatable bonds is 14. The number of aliphatic carboxylic acids is 1. The first-order chi connectivity index (χ1) is 20.4. The van der Waals surface area contributed by atoms with Gasteiger partial charge in [-0.3, -0.25) is 9.69 Å². The molecule has 0 unspecified atom stereocenters. The molecule has 42 heavy (non-hydrogen) atoms. The second kappa shape index (κ2) is 16.5. The molecule has 230 valence electrons. The Morgan fingerprint density at radius 3 is 2.12 bits per heavy atom. The number of carbonyl (C=O) groups excluding carboxylic acids is 1. The highest BCUT2D eigenvalue weighted by molar-refractivity contribution is 7.98. The summed E-state index contributed by atoms with van der Waals surface area (Å²) in [5, 5.41) is 12.5. The maximum atomic E-state index is 13.5. The van der Waals surface area contributed by atoms with Gasteiger partial charge in [-0.2, -0.15) is 11.8 Å². The minimum absolute atomic E-state index is 0.325. The number of thioether (sulfide) groups is 1. The molecule has 5 nitrogen and oxygen atoms in total. The molecule has 1 amide bonds. The number of nitrogens with one attached hydrogen (secondary N) is 1. The number of carboxylic acids is 1. The molecular weight excluding hydrogens is 540 g/mol. The van der Waals surface area contributed by atoms with Crippen LogP contribution in [0.2, 0.25) is 0 Å². The third-order valence-corrected chi connectivity index (χ3v) is 10.3. The van der Waals surface area contributed by atoms with Gasteiger partial charge in [0.1, 0.15) is 6.04 Å². The van der Waals surface area contributed by atoms with Gasteiger partial charge in [0.15, 0.2) is 0 Å². The van der Waals surface area contributed by atoms with Gasteiger partial charge in [0.25, 0.3) is 5.91 Å². The normalized spacial score (nSPS) is 17.5. The molecule has 2 aromatic rings. The minimum Gasteiger partial charge on any atom is -0.480 e. The zero-order valence-electron chi connectivity index (χ0n) is 26.1. The van der Waals surface area contributed by atoms with Crippen molar-refractivity contribution in [2.45, 2.75) is 109 Å². The Morgan fingerprint density at radius 2 is 1.55 bits per heavy atom. The Balaban J connectivity index is 1.58.